The minimum absolute atomic E-state index is 0.0758. The van der Waals surface area contributed by atoms with E-state index in [1.165, 1.54) is 31.1 Å². The van der Waals surface area contributed by atoms with E-state index in [0.29, 0.717) is 5.56 Å². The van der Waals surface area contributed by atoms with Gasteiger partial charge in [0.15, 0.2) is 0 Å². The summed E-state index contributed by atoms with van der Waals surface area (Å²) in [4.78, 5) is 11.5. The Hall–Kier alpha value is -0.510. The molecule has 0 fully saturated rings. The molecule has 0 heterocycles. The topological polar surface area (TPSA) is 52.6 Å². The van der Waals surface area contributed by atoms with Crippen LogP contribution in [-0.4, -0.2) is 19.7 Å². The summed E-state index contributed by atoms with van der Waals surface area (Å²) < 4.78 is 21.2. The maximum atomic E-state index is 11.7. The van der Waals surface area contributed by atoms with Crippen molar-refractivity contribution in [3.05, 3.63) is 39.1 Å². The molecule has 110 valence electrons. The lowest BCUT2D eigenvalue weighted by atomic mass is 10.1. The van der Waals surface area contributed by atoms with E-state index in [4.69, 9.17) is 39.0 Å². The minimum Gasteiger partial charge on any atom is -0.465 e. The van der Waals surface area contributed by atoms with Gasteiger partial charge in [-0.2, -0.15) is 0 Å². The van der Waals surface area contributed by atoms with Crippen LogP contribution in [0.4, 0.5) is 0 Å². The first-order valence-corrected chi connectivity index (χ1v) is 8.86. The predicted molar refractivity (Wildman–Crippen MR) is 81.9 cm³/mol. The first-order valence-electron chi connectivity index (χ1n) is 5.51. The Morgan fingerprint density at radius 3 is 2.35 bits per heavy atom. The van der Waals surface area contributed by atoms with Gasteiger partial charge < -0.3 is 9.26 Å². The first kappa shape index (κ1) is 17.5. The standard InChI is InChI=1S/C12H12Cl3O4P/c1-3-19-20(15,17)5-4-8-6-9(13)11(10(14)7-8)12(16)18-2/h4-7H,3H2,1-2H3/b5-4+. The van der Waals surface area contributed by atoms with Gasteiger partial charge in [0.05, 0.1) is 29.3 Å². The van der Waals surface area contributed by atoms with Crippen molar-refractivity contribution in [1.82, 2.24) is 0 Å². The van der Waals surface area contributed by atoms with Crippen LogP contribution in [0.5, 0.6) is 0 Å². The third-order valence-corrected chi connectivity index (χ3v) is 4.55. The Morgan fingerprint density at radius 1 is 1.35 bits per heavy atom. The number of hydrogen-bond donors (Lipinski definition) is 0. The Bertz CT molecular complexity index is 563. The van der Waals surface area contributed by atoms with Gasteiger partial charge in [-0.25, -0.2) is 4.79 Å². The van der Waals surface area contributed by atoms with Crippen molar-refractivity contribution in [3.8, 4) is 0 Å². The van der Waals surface area contributed by atoms with Gasteiger partial charge in [0, 0.05) is 5.82 Å². The molecule has 20 heavy (non-hydrogen) atoms. The largest absolute Gasteiger partial charge is 0.465 e. The SMILES string of the molecule is CCOP(=O)(Cl)/C=C/c1cc(Cl)c(C(=O)OC)c(Cl)c1. The van der Waals surface area contributed by atoms with Crippen LogP contribution in [0.1, 0.15) is 22.8 Å². The lowest BCUT2D eigenvalue weighted by molar-refractivity contribution is 0.0601. The fraction of sp³-hybridized carbons (Fsp3) is 0.250. The number of carbonyl (C=O) groups excluding carboxylic acids is 1. The van der Waals surface area contributed by atoms with Gasteiger partial charge >= 0.3 is 12.7 Å². The average Bonchev–Trinajstić information content (AvgIpc) is 2.35. The van der Waals surface area contributed by atoms with E-state index in [2.05, 4.69) is 4.74 Å². The third kappa shape index (κ3) is 4.80. The lowest BCUT2D eigenvalue weighted by Gasteiger charge is -2.07. The van der Waals surface area contributed by atoms with Crippen molar-refractivity contribution in [1.29, 1.82) is 0 Å². The highest BCUT2D eigenvalue weighted by atomic mass is 35.7. The highest BCUT2D eigenvalue weighted by molar-refractivity contribution is 7.87. The smallest absolute Gasteiger partial charge is 0.340 e. The molecule has 0 N–H and O–H groups in total. The van der Waals surface area contributed by atoms with Crippen molar-refractivity contribution in [3.63, 3.8) is 0 Å². The van der Waals surface area contributed by atoms with Crippen LogP contribution in [0.25, 0.3) is 6.08 Å². The van der Waals surface area contributed by atoms with Gasteiger partial charge in [-0.3, -0.25) is 4.57 Å². The Balaban J connectivity index is 3.09. The molecule has 0 aliphatic heterocycles. The quantitative estimate of drug-likeness (QED) is 0.535. The fourth-order valence-electron chi connectivity index (χ4n) is 1.38. The van der Waals surface area contributed by atoms with Gasteiger partial charge in [-0.1, -0.05) is 23.2 Å². The van der Waals surface area contributed by atoms with Crippen LogP contribution in [0.15, 0.2) is 17.9 Å². The molecule has 1 aromatic carbocycles. The molecule has 0 saturated carbocycles. The number of hydrogen-bond acceptors (Lipinski definition) is 4. The summed E-state index contributed by atoms with van der Waals surface area (Å²) >= 11 is 17.6. The van der Waals surface area contributed by atoms with Crippen LogP contribution >= 0.6 is 41.2 Å². The molecule has 1 unspecified atom stereocenters. The summed E-state index contributed by atoms with van der Waals surface area (Å²) in [5.74, 6) is 0.602. The Morgan fingerprint density at radius 2 is 1.90 bits per heavy atom. The van der Waals surface area contributed by atoms with E-state index in [1.807, 2.05) is 0 Å². The van der Waals surface area contributed by atoms with Gasteiger partial charge in [0.2, 0.25) is 0 Å². The number of carbonyl (C=O) groups is 1. The first-order chi connectivity index (χ1) is 9.30. The molecule has 8 heteroatoms. The molecule has 0 bridgehead atoms. The molecule has 4 nitrogen and oxygen atoms in total. The zero-order valence-electron chi connectivity index (χ0n) is 10.7. The van der Waals surface area contributed by atoms with Crippen LogP contribution in [0.3, 0.4) is 0 Å². The van der Waals surface area contributed by atoms with Gasteiger partial charge in [-0.05, 0) is 41.9 Å². The molecule has 0 saturated heterocycles. The number of halogens is 3. The molecule has 0 spiro atoms. The van der Waals surface area contributed by atoms with Crippen molar-refractivity contribution in [2.24, 2.45) is 0 Å². The molecule has 0 amide bonds. The summed E-state index contributed by atoms with van der Waals surface area (Å²) in [5, 5.41) is 0.259. The zero-order valence-corrected chi connectivity index (χ0v) is 13.9. The van der Waals surface area contributed by atoms with Crippen LogP contribution in [0.2, 0.25) is 10.0 Å². The summed E-state index contributed by atoms with van der Waals surface area (Å²) in [6.07, 6.45) is 1.46. The van der Waals surface area contributed by atoms with Crippen LogP contribution < -0.4 is 0 Å². The van der Waals surface area contributed by atoms with E-state index < -0.39 is 12.7 Å². The normalized spacial score (nSPS) is 14.2. The predicted octanol–water partition coefficient (Wildman–Crippen LogP) is 5.22. The van der Waals surface area contributed by atoms with E-state index in [1.54, 1.807) is 6.92 Å². The second-order valence-corrected chi connectivity index (χ2v) is 7.43. The number of rotatable bonds is 5. The van der Waals surface area contributed by atoms with Crippen LogP contribution in [-0.2, 0) is 13.8 Å². The monoisotopic (exact) mass is 356 g/mol. The minimum atomic E-state index is -3.31. The van der Waals surface area contributed by atoms with Crippen molar-refractivity contribution >= 4 is 53.2 Å². The summed E-state index contributed by atoms with van der Waals surface area (Å²) in [6, 6.07) is 2.97. The molecular formula is C12H12Cl3O4P. The van der Waals surface area contributed by atoms with E-state index >= 15 is 0 Å². The molecule has 1 rings (SSSR count). The van der Waals surface area contributed by atoms with Crippen molar-refractivity contribution in [2.45, 2.75) is 6.92 Å². The number of ether oxygens (including phenoxy) is 1. The van der Waals surface area contributed by atoms with Gasteiger partial charge in [0.1, 0.15) is 0 Å². The van der Waals surface area contributed by atoms with Gasteiger partial charge in [-0.15, -0.1) is 0 Å². The van der Waals surface area contributed by atoms with Crippen molar-refractivity contribution < 1.29 is 18.6 Å². The number of methoxy groups -OCH3 is 1. The zero-order chi connectivity index (χ0) is 15.3. The summed E-state index contributed by atoms with van der Waals surface area (Å²) in [5.41, 5.74) is 0.611. The molecule has 1 aromatic rings. The second-order valence-electron chi connectivity index (χ2n) is 3.61. The number of benzene rings is 1. The fourth-order valence-corrected chi connectivity index (χ4v) is 3.29. The molecule has 0 aliphatic rings. The maximum Gasteiger partial charge on any atom is 0.340 e. The highest BCUT2D eigenvalue weighted by Gasteiger charge is 2.17. The molecule has 0 radical (unpaired) electrons. The molecule has 0 aliphatic carbocycles. The van der Waals surface area contributed by atoms with Crippen LogP contribution in [0, 0.1) is 0 Å². The maximum absolute atomic E-state index is 11.7. The Kier molecular flexibility index (Phi) is 6.56. The van der Waals surface area contributed by atoms with E-state index in [-0.39, 0.29) is 22.2 Å². The van der Waals surface area contributed by atoms with E-state index in [9.17, 15) is 9.36 Å². The molecule has 0 aromatic heterocycles. The molecule has 1 atom stereocenters. The summed E-state index contributed by atoms with van der Waals surface area (Å²) in [7, 11) is 1.23. The Labute approximate surface area is 131 Å². The third-order valence-electron chi connectivity index (χ3n) is 2.20. The average molecular weight is 358 g/mol. The van der Waals surface area contributed by atoms with Gasteiger partial charge in [0.25, 0.3) is 0 Å². The number of esters is 1. The van der Waals surface area contributed by atoms with E-state index in [0.717, 1.165) is 0 Å². The highest BCUT2D eigenvalue weighted by Crippen LogP contribution is 2.54. The van der Waals surface area contributed by atoms with Crippen molar-refractivity contribution in [2.75, 3.05) is 13.7 Å². The summed E-state index contributed by atoms with van der Waals surface area (Å²) in [6.45, 7) is -1.40. The molecular weight excluding hydrogens is 345 g/mol. The second kappa shape index (κ2) is 7.48. The lowest BCUT2D eigenvalue weighted by Crippen LogP contribution is -2.03.